The number of aromatic nitrogens is 4. The first-order valence-corrected chi connectivity index (χ1v) is 12.1. The Hall–Kier alpha value is -4.36. The van der Waals surface area contributed by atoms with Crippen molar-refractivity contribution in [1.29, 1.82) is 0 Å². The summed E-state index contributed by atoms with van der Waals surface area (Å²) in [5, 5.41) is 3.02. The lowest BCUT2D eigenvalue weighted by atomic mass is 10.3. The van der Waals surface area contributed by atoms with Crippen LogP contribution in [-0.2, 0) is 0 Å². The number of nitrogens with zero attached hydrogens (tertiary/aromatic N) is 2. The van der Waals surface area contributed by atoms with Crippen molar-refractivity contribution in [3.63, 3.8) is 0 Å². The van der Waals surface area contributed by atoms with Crippen LogP contribution < -0.4 is 21.8 Å². The van der Waals surface area contributed by atoms with Crippen LogP contribution in [0.3, 0.4) is 0 Å². The van der Waals surface area contributed by atoms with Crippen LogP contribution in [0.4, 0.5) is 11.9 Å². The van der Waals surface area contributed by atoms with E-state index in [4.69, 9.17) is 11.5 Å². The van der Waals surface area contributed by atoms with Crippen LogP contribution in [0, 0.1) is 0 Å². The van der Waals surface area contributed by atoms with Crippen molar-refractivity contribution in [1.82, 2.24) is 19.9 Å². The van der Waals surface area contributed by atoms with Gasteiger partial charge in [-0.1, -0.05) is 95.3 Å². The molecule has 0 unspecified atom stereocenters. The maximum absolute atomic E-state index is 5.42. The number of H-pyrrole nitrogens is 2. The molecule has 0 aliphatic rings. The molecule has 0 fully saturated rings. The first-order valence-electron chi connectivity index (χ1n) is 10.7. The van der Waals surface area contributed by atoms with Crippen molar-refractivity contribution >= 4 is 53.9 Å². The van der Waals surface area contributed by atoms with Crippen molar-refractivity contribution in [3.05, 3.63) is 109 Å². The van der Waals surface area contributed by atoms with E-state index in [1.165, 1.54) is 10.4 Å². The fraction of sp³-hybridized carbons (Fsp3) is 0. The van der Waals surface area contributed by atoms with Gasteiger partial charge in [-0.2, -0.15) is 0 Å². The van der Waals surface area contributed by atoms with Crippen molar-refractivity contribution in [2.24, 2.45) is 0 Å². The number of rotatable bonds is 2. The van der Waals surface area contributed by atoms with Gasteiger partial charge in [0.25, 0.3) is 0 Å². The number of hydrogen-bond donors (Lipinski definition) is 4. The van der Waals surface area contributed by atoms with Gasteiger partial charge in [-0.05, 0) is 24.3 Å². The first-order chi connectivity index (χ1) is 16.2. The Balaban J connectivity index is 0.000000119. The van der Waals surface area contributed by atoms with Crippen LogP contribution >= 0.6 is 0 Å². The molecule has 0 bridgehead atoms. The fourth-order valence-corrected chi connectivity index (χ4v) is 4.86. The summed E-state index contributed by atoms with van der Waals surface area (Å²) < 4.78 is 0. The minimum absolute atomic E-state index is 0.234. The molecule has 2 aromatic heterocycles. The third kappa shape index (κ3) is 6.31. The van der Waals surface area contributed by atoms with Gasteiger partial charge in [-0.3, -0.25) is 0 Å². The van der Waals surface area contributed by atoms with E-state index in [0.717, 1.165) is 22.1 Å². The van der Waals surface area contributed by atoms with Gasteiger partial charge in [0.2, 0.25) is 0 Å². The van der Waals surface area contributed by atoms with Crippen LogP contribution in [0.25, 0.3) is 22.1 Å². The summed E-state index contributed by atoms with van der Waals surface area (Å²) in [5.41, 5.74) is 14.7. The number of benzene rings is 4. The van der Waals surface area contributed by atoms with Gasteiger partial charge in [-0.15, -0.1) is 0 Å². The normalized spacial score (nSPS) is 10.2. The number of hydrogen-bond acceptors (Lipinski definition) is 4. The second-order valence-corrected chi connectivity index (χ2v) is 9.41. The van der Waals surface area contributed by atoms with Gasteiger partial charge >= 0.3 is 0 Å². The SMILES string of the molecule is Nc1nc2ccccc2[nH]1.Nc1nc2ccccc2[nH]1.c1ccc([SiH2]c2ccccc2)cc1. The Morgan fingerprint density at radius 1 is 0.485 bits per heavy atom. The van der Waals surface area contributed by atoms with Crippen LogP contribution in [0.5, 0.6) is 0 Å². The third-order valence-corrected chi connectivity index (χ3v) is 6.67. The molecule has 0 amide bonds. The monoisotopic (exact) mass is 450 g/mol. The third-order valence-electron chi connectivity index (χ3n) is 4.91. The Kier molecular flexibility index (Phi) is 7.14. The summed E-state index contributed by atoms with van der Waals surface area (Å²) in [4.78, 5) is 13.9. The predicted molar refractivity (Wildman–Crippen MR) is 142 cm³/mol. The fourth-order valence-electron chi connectivity index (χ4n) is 3.37. The molecule has 33 heavy (non-hydrogen) atoms. The van der Waals surface area contributed by atoms with Crippen LogP contribution in [0.15, 0.2) is 109 Å². The maximum Gasteiger partial charge on any atom is 0.198 e. The molecule has 0 aliphatic heterocycles. The van der Waals surface area contributed by atoms with Crippen molar-refractivity contribution in [3.8, 4) is 0 Å². The Bertz CT molecular complexity index is 1230. The maximum atomic E-state index is 5.42. The highest BCUT2D eigenvalue weighted by Gasteiger charge is 1.96. The average Bonchev–Trinajstić information content (AvgIpc) is 3.41. The summed E-state index contributed by atoms with van der Waals surface area (Å²) in [6.07, 6.45) is 0. The summed E-state index contributed by atoms with van der Waals surface area (Å²) in [5.74, 6) is 0.947. The Morgan fingerprint density at radius 2 is 0.848 bits per heavy atom. The number of nitrogens with one attached hydrogen (secondary N) is 2. The minimum Gasteiger partial charge on any atom is -0.369 e. The summed E-state index contributed by atoms with van der Waals surface area (Å²) >= 11 is 0. The smallest absolute Gasteiger partial charge is 0.198 e. The van der Waals surface area contributed by atoms with Crippen LogP contribution in [0.1, 0.15) is 0 Å². The topological polar surface area (TPSA) is 109 Å². The molecule has 164 valence electrons. The lowest BCUT2D eigenvalue weighted by Crippen LogP contribution is -2.26. The van der Waals surface area contributed by atoms with Crippen molar-refractivity contribution in [2.75, 3.05) is 11.5 Å². The minimum atomic E-state index is -0.234. The van der Waals surface area contributed by atoms with Crippen LogP contribution in [0.2, 0.25) is 0 Å². The highest BCUT2D eigenvalue weighted by atomic mass is 28.2. The first kappa shape index (κ1) is 21.9. The zero-order chi connectivity index (χ0) is 22.9. The quantitative estimate of drug-likeness (QED) is 0.304. The van der Waals surface area contributed by atoms with E-state index in [-0.39, 0.29) is 9.52 Å². The molecule has 0 atom stereocenters. The van der Waals surface area contributed by atoms with E-state index in [9.17, 15) is 0 Å². The summed E-state index contributed by atoms with van der Waals surface area (Å²) in [6.45, 7) is 0. The van der Waals surface area contributed by atoms with Gasteiger partial charge in [0.1, 0.15) is 0 Å². The lowest BCUT2D eigenvalue weighted by molar-refractivity contribution is 1.35. The molecular formula is C26H26N6Si. The van der Waals surface area contributed by atoms with Crippen LogP contribution in [-0.4, -0.2) is 29.5 Å². The number of nitrogen functional groups attached to an aromatic ring is 2. The van der Waals surface area contributed by atoms with Gasteiger partial charge in [0.15, 0.2) is 11.9 Å². The molecule has 2 heterocycles. The summed E-state index contributed by atoms with van der Waals surface area (Å²) in [6, 6.07) is 37.0. The number of imidazole rings is 2. The van der Waals surface area contributed by atoms with E-state index >= 15 is 0 Å². The molecule has 0 saturated carbocycles. The molecule has 0 spiro atoms. The standard InChI is InChI=1S/C12H12Si.2C7H7N3/c1-3-7-11(8-4-1)13-12-9-5-2-6-10-12;2*8-7-9-5-3-1-2-4-6(5)10-7/h1-10H,13H2;2*1-4H,(H3,8,9,10). The molecule has 6 nitrogen and oxygen atoms in total. The molecule has 0 saturated heterocycles. The average molecular weight is 451 g/mol. The van der Waals surface area contributed by atoms with Gasteiger partial charge in [0, 0.05) is 0 Å². The lowest BCUT2D eigenvalue weighted by Gasteiger charge is -1.99. The van der Waals surface area contributed by atoms with E-state index in [1.807, 2.05) is 48.5 Å². The molecule has 6 aromatic rings. The van der Waals surface area contributed by atoms with E-state index in [1.54, 1.807) is 0 Å². The van der Waals surface area contributed by atoms with Crippen molar-refractivity contribution < 1.29 is 0 Å². The largest absolute Gasteiger partial charge is 0.369 e. The number of fused-ring (bicyclic) bond motifs is 2. The molecule has 6 rings (SSSR count). The highest BCUT2D eigenvalue weighted by Crippen LogP contribution is 2.11. The molecule has 4 aromatic carbocycles. The van der Waals surface area contributed by atoms with Gasteiger partial charge in [0.05, 0.1) is 31.6 Å². The van der Waals surface area contributed by atoms with Crippen molar-refractivity contribution in [2.45, 2.75) is 0 Å². The second kappa shape index (κ2) is 10.8. The van der Waals surface area contributed by atoms with Gasteiger partial charge in [-0.25, -0.2) is 9.97 Å². The van der Waals surface area contributed by atoms with Gasteiger partial charge < -0.3 is 21.4 Å². The zero-order valence-corrected chi connectivity index (χ0v) is 19.6. The number of nitrogens with two attached hydrogens (primary N) is 2. The highest BCUT2D eigenvalue weighted by molar-refractivity contribution is 6.67. The predicted octanol–water partition coefficient (Wildman–Crippen LogP) is 3.10. The number of anilines is 2. The molecule has 6 N–H and O–H groups in total. The van der Waals surface area contributed by atoms with E-state index in [2.05, 4.69) is 80.6 Å². The number of aromatic amines is 2. The zero-order valence-electron chi connectivity index (χ0n) is 18.1. The molecule has 7 heteroatoms. The summed E-state index contributed by atoms with van der Waals surface area (Å²) in [7, 11) is -0.234. The Labute approximate surface area is 194 Å². The molecular weight excluding hydrogens is 424 g/mol. The van der Waals surface area contributed by atoms with E-state index in [0.29, 0.717) is 11.9 Å². The molecule has 0 aliphatic carbocycles. The second-order valence-electron chi connectivity index (χ2n) is 7.43. The number of para-hydroxylation sites is 4. The molecule has 0 radical (unpaired) electrons. The Morgan fingerprint density at radius 3 is 1.24 bits per heavy atom. The van der Waals surface area contributed by atoms with E-state index < -0.39 is 0 Å².